The number of ether oxygens (including phenoxy) is 2. The second kappa shape index (κ2) is 11.7. The Bertz CT molecular complexity index is 1620. The van der Waals surface area contributed by atoms with Gasteiger partial charge in [-0.2, -0.15) is 0 Å². The van der Waals surface area contributed by atoms with Gasteiger partial charge in [-0.15, -0.1) is 0 Å². The maximum atomic E-state index is 13.3. The van der Waals surface area contributed by atoms with Gasteiger partial charge in [0, 0.05) is 17.2 Å². The monoisotopic (exact) mass is 557 g/mol. The van der Waals surface area contributed by atoms with Crippen LogP contribution < -0.4 is 14.8 Å². The zero-order valence-electron chi connectivity index (χ0n) is 22.8. The topological polar surface area (TPSA) is 140 Å². The molecule has 0 saturated heterocycles. The zero-order chi connectivity index (χ0) is 29.1. The summed E-state index contributed by atoms with van der Waals surface area (Å²) in [5.41, 5.74) is 2.82. The molecule has 3 N–H and O–H groups in total. The lowest BCUT2D eigenvalue weighted by Gasteiger charge is -2.25. The normalized spacial score (nSPS) is 14.4. The number of aromatic nitrogens is 2. The Balaban J connectivity index is 1.52. The molecular weight excluding hydrogens is 526 g/mol. The minimum absolute atomic E-state index is 0.166. The highest BCUT2D eigenvalue weighted by atomic mass is 16.5. The van der Waals surface area contributed by atoms with Crippen LogP contribution in [0.2, 0.25) is 0 Å². The molecule has 1 saturated carbocycles. The number of hydrogen-bond donors (Lipinski definition) is 3. The number of benzene rings is 3. The lowest BCUT2D eigenvalue weighted by atomic mass is 9.94. The third-order valence-corrected chi connectivity index (χ3v) is 7.52. The zero-order valence-corrected chi connectivity index (χ0v) is 22.8. The molecule has 10 nitrogen and oxygen atoms in total. The summed E-state index contributed by atoms with van der Waals surface area (Å²) in [6.45, 7) is 0. The van der Waals surface area contributed by atoms with E-state index in [4.69, 9.17) is 14.5 Å². The molecule has 0 aliphatic heterocycles. The minimum atomic E-state index is -1.33. The van der Waals surface area contributed by atoms with Crippen LogP contribution in [-0.2, 0) is 4.79 Å². The van der Waals surface area contributed by atoms with E-state index in [2.05, 4.69) is 9.88 Å². The highest BCUT2D eigenvalue weighted by Gasteiger charge is 2.26. The van der Waals surface area contributed by atoms with E-state index in [0.717, 1.165) is 31.2 Å². The van der Waals surface area contributed by atoms with E-state index in [9.17, 15) is 24.6 Å². The van der Waals surface area contributed by atoms with E-state index < -0.39 is 23.9 Å². The van der Waals surface area contributed by atoms with E-state index in [1.807, 2.05) is 12.1 Å². The number of nitrogens with one attached hydrogen (secondary N) is 1. The molecular formula is C31H31N3O7. The maximum absolute atomic E-state index is 13.3. The molecule has 41 heavy (non-hydrogen) atoms. The number of amides is 1. The van der Waals surface area contributed by atoms with E-state index in [0.29, 0.717) is 34.0 Å². The largest absolute Gasteiger partial charge is 0.493 e. The van der Waals surface area contributed by atoms with Gasteiger partial charge in [0.15, 0.2) is 17.5 Å². The van der Waals surface area contributed by atoms with Crippen LogP contribution in [0, 0.1) is 0 Å². The standard InChI is InChI=1S/C31H31N3O7/c1-40-25-14-12-18(17-26(25)41-2)27(31(38)39)33-29(35)20-11-13-24-23(16-20)32-28(34(24)22-9-4-3-5-10-22)19-7-6-8-21(15-19)30(36)37/h6-8,11-17,22,27H,3-5,9-10H2,1-2H3,(H,33,35)(H,36,37)(H,38,39). The molecule has 1 atom stereocenters. The van der Waals surface area contributed by atoms with E-state index in [1.165, 1.54) is 26.7 Å². The summed E-state index contributed by atoms with van der Waals surface area (Å²) in [7, 11) is 2.93. The number of carboxylic acid groups (broad SMARTS) is 2. The number of rotatable bonds is 9. The van der Waals surface area contributed by atoms with Crippen molar-refractivity contribution in [3.8, 4) is 22.9 Å². The number of imidazole rings is 1. The maximum Gasteiger partial charge on any atom is 0.335 e. The number of aliphatic carboxylic acids is 1. The summed E-state index contributed by atoms with van der Waals surface area (Å²) in [6, 6.07) is 15.3. The second-order valence-electron chi connectivity index (χ2n) is 10.0. The smallest absolute Gasteiger partial charge is 0.335 e. The fourth-order valence-electron chi connectivity index (χ4n) is 5.48. The molecule has 0 bridgehead atoms. The van der Waals surface area contributed by atoms with Crippen molar-refractivity contribution in [3.05, 3.63) is 77.4 Å². The van der Waals surface area contributed by atoms with Crippen molar-refractivity contribution >= 4 is 28.9 Å². The Labute approximate surface area is 236 Å². The average Bonchev–Trinajstić information content (AvgIpc) is 3.38. The number of carboxylic acids is 2. The summed E-state index contributed by atoms with van der Waals surface area (Å²) in [4.78, 5) is 42.0. The molecule has 1 fully saturated rings. The van der Waals surface area contributed by atoms with Gasteiger partial charge in [0.25, 0.3) is 5.91 Å². The Morgan fingerprint density at radius 2 is 1.66 bits per heavy atom. The molecule has 3 aromatic carbocycles. The average molecular weight is 558 g/mol. The Morgan fingerprint density at radius 1 is 0.902 bits per heavy atom. The van der Waals surface area contributed by atoms with Crippen LogP contribution in [0.3, 0.4) is 0 Å². The van der Waals surface area contributed by atoms with Gasteiger partial charge in [-0.1, -0.05) is 37.5 Å². The molecule has 1 amide bonds. The van der Waals surface area contributed by atoms with E-state index in [-0.39, 0.29) is 17.2 Å². The number of methoxy groups -OCH3 is 2. The molecule has 212 valence electrons. The van der Waals surface area contributed by atoms with Crippen LogP contribution in [0.25, 0.3) is 22.4 Å². The van der Waals surface area contributed by atoms with Gasteiger partial charge >= 0.3 is 11.9 Å². The van der Waals surface area contributed by atoms with Crippen molar-refractivity contribution in [1.29, 1.82) is 0 Å². The van der Waals surface area contributed by atoms with Gasteiger partial charge in [-0.25, -0.2) is 14.6 Å². The molecule has 1 unspecified atom stereocenters. The van der Waals surface area contributed by atoms with Crippen molar-refractivity contribution in [3.63, 3.8) is 0 Å². The van der Waals surface area contributed by atoms with Gasteiger partial charge in [0.2, 0.25) is 0 Å². The second-order valence-corrected chi connectivity index (χ2v) is 10.0. The SMILES string of the molecule is COc1ccc(C(NC(=O)c2ccc3c(c2)nc(-c2cccc(C(=O)O)c2)n3C2CCCCC2)C(=O)O)cc1OC. The van der Waals surface area contributed by atoms with Crippen molar-refractivity contribution in [1.82, 2.24) is 14.9 Å². The van der Waals surface area contributed by atoms with Crippen LogP contribution in [0.4, 0.5) is 0 Å². The fraction of sp³-hybridized carbons (Fsp3) is 0.290. The van der Waals surface area contributed by atoms with Crippen molar-refractivity contribution in [2.45, 2.75) is 44.2 Å². The number of carbonyl (C=O) groups is 3. The van der Waals surface area contributed by atoms with Gasteiger partial charge < -0.3 is 29.6 Å². The fourth-order valence-corrected chi connectivity index (χ4v) is 5.48. The summed E-state index contributed by atoms with van der Waals surface area (Å²) in [5, 5.41) is 22.0. The van der Waals surface area contributed by atoms with E-state index in [1.54, 1.807) is 42.5 Å². The number of nitrogens with zero attached hydrogens (tertiary/aromatic N) is 2. The van der Waals surface area contributed by atoms with Crippen molar-refractivity contribution in [2.24, 2.45) is 0 Å². The number of aromatic carboxylic acids is 1. The Hall–Kier alpha value is -4.86. The summed E-state index contributed by atoms with van der Waals surface area (Å²) >= 11 is 0. The number of carbonyl (C=O) groups excluding carboxylic acids is 1. The lowest BCUT2D eigenvalue weighted by Crippen LogP contribution is -2.33. The lowest BCUT2D eigenvalue weighted by molar-refractivity contribution is -0.139. The van der Waals surface area contributed by atoms with Gasteiger partial charge in [-0.05, 0) is 60.9 Å². The van der Waals surface area contributed by atoms with Crippen LogP contribution in [0.15, 0.2) is 60.7 Å². The van der Waals surface area contributed by atoms with Crippen molar-refractivity contribution in [2.75, 3.05) is 14.2 Å². The van der Waals surface area contributed by atoms with Crippen LogP contribution in [0.1, 0.15) is 70.5 Å². The first-order valence-corrected chi connectivity index (χ1v) is 13.4. The molecule has 0 radical (unpaired) electrons. The summed E-state index contributed by atoms with van der Waals surface area (Å²) in [5.74, 6) is -1.39. The molecule has 1 heterocycles. The predicted molar refractivity (Wildman–Crippen MR) is 152 cm³/mol. The Morgan fingerprint density at radius 3 is 2.34 bits per heavy atom. The highest BCUT2D eigenvalue weighted by molar-refractivity contribution is 6.00. The molecule has 1 aliphatic rings. The van der Waals surface area contributed by atoms with Crippen LogP contribution in [-0.4, -0.2) is 51.8 Å². The van der Waals surface area contributed by atoms with Gasteiger partial charge in [0.1, 0.15) is 5.82 Å². The summed E-state index contributed by atoms with van der Waals surface area (Å²) < 4.78 is 12.7. The van der Waals surface area contributed by atoms with Crippen LogP contribution >= 0.6 is 0 Å². The Kier molecular flexibility index (Phi) is 7.91. The molecule has 4 aromatic rings. The van der Waals surface area contributed by atoms with Gasteiger partial charge in [-0.3, -0.25) is 4.79 Å². The first-order valence-electron chi connectivity index (χ1n) is 13.4. The third kappa shape index (κ3) is 5.58. The quantitative estimate of drug-likeness (QED) is 0.246. The number of fused-ring (bicyclic) bond motifs is 1. The molecule has 5 rings (SSSR count). The predicted octanol–water partition coefficient (Wildman–Crippen LogP) is 5.48. The molecule has 10 heteroatoms. The molecule has 1 aromatic heterocycles. The van der Waals surface area contributed by atoms with Gasteiger partial charge in [0.05, 0.1) is 30.8 Å². The third-order valence-electron chi connectivity index (χ3n) is 7.52. The first-order chi connectivity index (χ1) is 19.8. The molecule has 1 aliphatic carbocycles. The summed E-state index contributed by atoms with van der Waals surface area (Å²) in [6.07, 6.45) is 5.30. The minimum Gasteiger partial charge on any atom is -0.493 e. The van der Waals surface area contributed by atoms with E-state index >= 15 is 0 Å². The highest BCUT2D eigenvalue weighted by Crippen LogP contribution is 2.36. The first kappa shape index (κ1) is 27.7. The number of hydrogen-bond acceptors (Lipinski definition) is 6. The van der Waals surface area contributed by atoms with Crippen molar-refractivity contribution < 1.29 is 34.1 Å². The van der Waals surface area contributed by atoms with Crippen LogP contribution in [0.5, 0.6) is 11.5 Å². The molecule has 0 spiro atoms.